The molecule has 1 amide bonds. The Hall–Kier alpha value is -0.220. The third kappa shape index (κ3) is 1.89. The van der Waals surface area contributed by atoms with Crippen LogP contribution >= 0.6 is 11.8 Å². The van der Waals surface area contributed by atoms with Crippen molar-refractivity contribution in [2.24, 2.45) is 0 Å². The molecule has 2 rings (SSSR count). The quantitative estimate of drug-likeness (QED) is 0.793. The second-order valence-corrected chi connectivity index (χ2v) is 5.61. The lowest BCUT2D eigenvalue weighted by Crippen LogP contribution is -2.45. The summed E-state index contributed by atoms with van der Waals surface area (Å²) >= 11 is 1.81. The van der Waals surface area contributed by atoms with Crippen LogP contribution in [0.5, 0.6) is 0 Å². The summed E-state index contributed by atoms with van der Waals surface area (Å²) in [5.74, 6) is 1.38. The van der Waals surface area contributed by atoms with E-state index in [2.05, 4.69) is 18.5 Å². The first-order valence-electron chi connectivity index (χ1n) is 5.75. The maximum Gasteiger partial charge on any atom is 0.244 e. The minimum absolute atomic E-state index is 0.174. The molecule has 86 valence electrons. The molecular weight excluding hydrogens is 208 g/mol. The van der Waals surface area contributed by atoms with Gasteiger partial charge in [0.2, 0.25) is 5.91 Å². The van der Waals surface area contributed by atoms with Gasteiger partial charge in [-0.2, -0.15) is 11.8 Å². The van der Waals surface area contributed by atoms with Crippen molar-refractivity contribution in [3.05, 3.63) is 0 Å². The van der Waals surface area contributed by atoms with Gasteiger partial charge < -0.3 is 4.90 Å². The number of carbonyl (C=O) groups is 1. The lowest BCUT2D eigenvalue weighted by Gasteiger charge is -2.25. The van der Waals surface area contributed by atoms with Gasteiger partial charge in [0.05, 0.1) is 12.2 Å². The molecule has 0 aromatic carbocycles. The van der Waals surface area contributed by atoms with Gasteiger partial charge in [-0.3, -0.25) is 10.1 Å². The molecular formula is C11H20N2OS. The fourth-order valence-corrected chi connectivity index (χ4v) is 3.38. The molecule has 2 aliphatic rings. The van der Waals surface area contributed by atoms with Gasteiger partial charge in [-0.1, -0.05) is 12.8 Å². The lowest BCUT2D eigenvalue weighted by atomic mass is 9.98. The first-order chi connectivity index (χ1) is 7.19. The molecule has 1 unspecified atom stereocenters. The van der Waals surface area contributed by atoms with E-state index >= 15 is 0 Å². The van der Waals surface area contributed by atoms with Crippen LogP contribution in [-0.4, -0.2) is 41.1 Å². The molecule has 3 nitrogen and oxygen atoms in total. The summed E-state index contributed by atoms with van der Waals surface area (Å²) in [5, 5.41) is 3.44. The number of thioether (sulfide) groups is 1. The predicted octanol–water partition coefficient (Wildman–Crippen LogP) is 1.44. The minimum Gasteiger partial charge on any atom is -0.325 e. The number of rotatable bonds is 3. The van der Waals surface area contributed by atoms with Gasteiger partial charge in [-0.15, -0.1) is 0 Å². The number of hydrogen-bond donors (Lipinski definition) is 1. The van der Waals surface area contributed by atoms with E-state index in [1.54, 1.807) is 0 Å². The van der Waals surface area contributed by atoms with Crippen molar-refractivity contribution in [3.63, 3.8) is 0 Å². The zero-order chi connectivity index (χ0) is 10.9. The van der Waals surface area contributed by atoms with E-state index in [4.69, 9.17) is 0 Å². The Bertz CT molecular complexity index is 251. The van der Waals surface area contributed by atoms with Crippen molar-refractivity contribution < 1.29 is 4.79 Å². The number of amides is 1. The molecule has 4 heteroatoms. The van der Waals surface area contributed by atoms with E-state index in [0.29, 0.717) is 11.9 Å². The van der Waals surface area contributed by atoms with Crippen molar-refractivity contribution >= 4 is 17.7 Å². The predicted molar refractivity (Wildman–Crippen MR) is 63.9 cm³/mol. The van der Waals surface area contributed by atoms with Crippen molar-refractivity contribution in [2.75, 3.05) is 18.7 Å². The standard InChI is InChI=1S/C11H20N2OS/c1-9(7-15-2)13-8-12-11(10(13)14)5-3-4-6-11/h9,12H,3-8H2,1-2H3. The van der Waals surface area contributed by atoms with Crippen LogP contribution in [0.3, 0.4) is 0 Å². The number of carbonyl (C=O) groups excluding carboxylic acids is 1. The van der Waals surface area contributed by atoms with Gasteiger partial charge in [-0.25, -0.2) is 0 Å². The number of nitrogens with one attached hydrogen (secondary N) is 1. The zero-order valence-corrected chi connectivity index (χ0v) is 10.4. The molecule has 1 heterocycles. The van der Waals surface area contributed by atoms with Crippen molar-refractivity contribution in [1.82, 2.24) is 10.2 Å². The third-order valence-corrected chi connectivity index (χ3v) is 4.47. The summed E-state index contributed by atoms with van der Waals surface area (Å²) < 4.78 is 0. The van der Waals surface area contributed by atoms with Crippen LogP contribution in [0.4, 0.5) is 0 Å². The second-order valence-electron chi connectivity index (χ2n) is 4.70. The van der Waals surface area contributed by atoms with Gasteiger partial charge in [0.25, 0.3) is 0 Å². The van der Waals surface area contributed by atoms with Crippen molar-refractivity contribution in [1.29, 1.82) is 0 Å². The fraction of sp³-hybridized carbons (Fsp3) is 0.909. The van der Waals surface area contributed by atoms with E-state index in [-0.39, 0.29) is 5.54 Å². The highest BCUT2D eigenvalue weighted by Gasteiger charge is 2.48. The average molecular weight is 228 g/mol. The summed E-state index contributed by atoms with van der Waals surface area (Å²) in [5.41, 5.74) is -0.174. The summed E-state index contributed by atoms with van der Waals surface area (Å²) in [6, 6.07) is 0.361. The van der Waals surface area contributed by atoms with Crippen molar-refractivity contribution in [2.45, 2.75) is 44.2 Å². The Morgan fingerprint density at radius 1 is 1.53 bits per heavy atom. The summed E-state index contributed by atoms with van der Waals surface area (Å²) in [4.78, 5) is 14.3. The van der Waals surface area contributed by atoms with Gasteiger partial charge in [0, 0.05) is 11.8 Å². The molecule has 0 bridgehead atoms. The normalized spacial score (nSPS) is 26.5. The van der Waals surface area contributed by atoms with Crippen molar-refractivity contribution in [3.8, 4) is 0 Å². The third-order valence-electron chi connectivity index (χ3n) is 3.66. The molecule has 0 aromatic rings. The van der Waals surface area contributed by atoms with E-state index in [1.807, 2.05) is 16.7 Å². The van der Waals surface area contributed by atoms with Crippen LogP contribution in [-0.2, 0) is 4.79 Å². The van der Waals surface area contributed by atoms with Crippen LogP contribution in [0, 0.1) is 0 Å². The second kappa shape index (κ2) is 4.34. The fourth-order valence-electron chi connectivity index (χ4n) is 2.72. The van der Waals surface area contributed by atoms with Gasteiger partial charge in [0.1, 0.15) is 0 Å². The number of hydrogen-bond acceptors (Lipinski definition) is 3. The van der Waals surface area contributed by atoms with Gasteiger partial charge in [-0.05, 0) is 26.0 Å². The van der Waals surface area contributed by atoms with E-state index in [0.717, 1.165) is 25.3 Å². The molecule has 1 aliphatic carbocycles. The van der Waals surface area contributed by atoms with Gasteiger partial charge in [0.15, 0.2) is 0 Å². The highest BCUT2D eigenvalue weighted by atomic mass is 32.2. The lowest BCUT2D eigenvalue weighted by molar-refractivity contribution is -0.133. The Morgan fingerprint density at radius 2 is 2.20 bits per heavy atom. The summed E-state index contributed by atoms with van der Waals surface area (Å²) in [6.07, 6.45) is 6.56. The molecule has 0 aromatic heterocycles. The molecule has 0 radical (unpaired) electrons. The van der Waals surface area contributed by atoms with Crippen LogP contribution in [0.25, 0.3) is 0 Å². The molecule has 2 fully saturated rings. The van der Waals surface area contributed by atoms with E-state index in [1.165, 1.54) is 12.8 Å². The van der Waals surface area contributed by atoms with E-state index in [9.17, 15) is 4.79 Å². The first kappa shape index (κ1) is 11.3. The smallest absolute Gasteiger partial charge is 0.244 e. The molecule has 1 saturated heterocycles. The molecule has 15 heavy (non-hydrogen) atoms. The Morgan fingerprint density at radius 3 is 2.80 bits per heavy atom. The first-order valence-corrected chi connectivity index (χ1v) is 7.14. The average Bonchev–Trinajstić information content (AvgIpc) is 2.79. The zero-order valence-electron chi connectivity index (χ0n) is 9.58. The van der Waals surface area contributed by atoms with Gasteiger partial charge >= 0.3 is 0 Å². The Labute approximate surface area is 96.0 Å². The molecule has 1 spiro atoms. The Balaban J connectivity index is 2.03. The molecule has 1 aliphatic heterocycles. The highest BCUT2D eigenvalue weighted by Crippen LogP contribution is 2.35. The molecule has 1 saturated carbocycles. The largest absolute Gasteiger partial charge is 0.325 e. The summed E-state index contributed by atoms with van der Waals surface area (Å²) in [7, 11) is 0. The van der Waals surface area contributed by atoms with E-state index < -0.39 is 0 Å². The highest BCUT2D eigenvalue weighted by molar-refractivity contribution is 7.98. The maximum atomic E-state index is 12.3. The molecule has 1 atom stereocenters. The molecule has 1 N–H and O–H groups in total. The Kier molecular flexibility index (Phi) is 3.26. The monoisotopic (exact) mass is 228 g/mol. The minimum atomic E-state index is -0.174. The maximum absolute atomic E-state index is 12.3. The van der Waals surface area contributed by atoms with Crippen LogP contribution in [0.1, 0.15) is 32.6 Å². The van der Waals surface area contributed by atoms with Crippen LogP contribution < -0.4 is 5.32 Å². The topological polar surface area (TPSA) is 32.3 Å². The van der Waals surface area contributed by atoms with Crippen LogP contribution in [0.15, 0.2) is 0 Å². The number of nitrogens with zero attached hydrogens (tertiary/aromatic N) is 1. The summed E-state index contributed by atoms with van der Waals surface area (Å²) in [6.45, 7) is 2.89. The van der Waals surface area contributed by atoms with Crippen LogP contribution in [0.2, 0.25) is 0 Å². The SMILES string of the molecule is CSCC(C)N1CNC2(CCCC2)C1=O.